The molecule has 186 valence electrons. The van der Waals surface area contributed by atoms with Gasteiger partial charge >= 0.3 is 0 Å². The summed E-state index contributed by atoms with van der Waals surface area (Å²) in [7, 11) is 3.34. The Hall–Kier alpha value is -2.77. The van der Waals surface area contributed by atoms with Crippen LogP contribution in [0.4, 0.5) is 5.69 Å². The van der Waals surface area contributed by atoms with Crippen LogP contribution in [0, 0.1) is 5.92 Å². The van der Waals surface area contributed by atoms with Crippen molar-refractivity contribution in [2.24, 2.45) is 11.7 Å². The minimum atomic E-state index is -0.292. The fourth-order valence-corrected chi connectivity index (χ4v) is 4.30. The lowest BCUT2D eigenvalue weighted by molar-refractivity contribution is -0.120. The number of ether oxygens (including phenoxy) is 2. The van der Waals surface area contributed by atoms with E-state index in [0.29, 0.717) is 13.2 Å². The number of carbonyl (C=O) groups is 1. The van der Waals surface area contributed by atoms with Crippen molar-refractivity contribution in [2.45, 2.75) is 38.0 Å². The van der Waals surface area contributed by atoms with Crippen LogP contribution in [-0.4, -0.2) is 43.8 Å². The second-order valence-electron chi connectivity index (χ2n) is 8.96. The molecule has 1 fully saturated rings. The SMILES string of the molecule is COCc1ccc(-c2ccc(N(C[C@@H](N)[C@@H](C)OC)C(=O)[C@@H]3C[C@H]3c3ccncc3)cc2)cc1.Cl. The molecule has 1 heterocycles. The summed E-state index contributed by atoms with van der Waals surface area (Å²) in [4.78, 5) is 19.5. The number of nitrogens with zero attached hydrogens (tertiary/aromatic N) is 2. The number of carbonyl (C=O) groups excluding carboxylic acids is 1. The van der Waals surface area contributed by atoms with Crippen LogP contribution in [-0.2, 0) is 20.9 Å². The number of benzene rings is 2. The molecule has 1 saturated carbocycles. The number of hydrogen-bond acceptors (Lipinski definition) is 5. The van der Waals surface area contributed by atoms with Crippen molar-refractivity contribution in [3.05, 3.63) is 84.2 Å². The molecule has 0 saturated heterocycles. The van der Waals surface area contributed by atoms with E-state index < -0.39 is 0 Å². The van der Waals surface area contributed by atoms with E-state index in [-0.39, 0.29) is 42.3 Å². The Morgan fingerprint density at radius 2 is 1.63 bits per heavy atom. The van der Waals surface area contributed by atoms with E-state index in [2.05, 4.69) is 41.4 Å². The molecule has 2 N–H and O–H groups in total. The van der Waals surface area contributed by atoms with E-state index in [1.54, 1.807) is 26.6 Å². The zero-order valence-corrected chi connectivity index (χ0v) is 21.3. The highest BCUT2D eigenvalue weighted by Crippen LogP contribution is 2.48. The summed E-state index contributed by atoms with van der Waals surface area (Å²) in [5.41, 5.74) is 11.8. The van der Waals surface area contributed by atoms with Crippen LogP contribution >= 0.6 is 12.4 Å². The van der Waals surface area contributed by atoms with Gasteiger partial charge < -0.3 is 20.1 Å². The number of anilines is 1. The van der Waals surface area contributed by atoms with Crippen LogP contribution in [0.1, 0.15) is 30.4 Å². The number of aromatic nitrogens is 1. The fraction of sp³-hybridized carbons (Fsp3) is 0.357. The van der Waals surface area contributed by atoms with Crippen LogP contribution < -0.4 is 10.6 Å². The molecule has 6 nitrogen and oxygen atoms in total. The van der Waals surface area contributed by atoms with Gasteiger partial charge in [0.15, 0.2) is 0 Å². The monoisotopic (exact) mass is 495 g/mol. The number of halogens is 1. The van der Waals surface area contributed by atoms with Gasteiger partial charge in [-0.2, -0.15) is 0 Å². The molecule has 0 spiro atoms. The topological polar surface area (TPSA) is 77.7 Å². The molecule has 2 aromatic carbocycles. The van der Waals surface area contributed by atoms with Gasteiger partial charge in [-0.15, -0.1) is 12.4 Å². The summed E-state index contributed by atoms with van der Waals surface area (Å²) in [6.45, 7) is 2.93. The average molecular weight is 496 g/mol. The molecule has 1 aliphatic carbocycles. The Balaban J connectivity index is 0.00000342. The standard InChI is InChI=1S/C28H33N3O3.ClH/c1-19(34-3)27(29)17-31(28(32)26-16-25(26)23-12-14-30-15-13-23)24-10-8-22(9-11-24)21-6-4-20(5-7-21)18-33-2;/h4-15,19,25-27H,16-18,29H2,1-3H3;1H/t19-,25+,26-,27-;/m1./s1. The van der Waals surface area contributed by atoms with Gasteiger partial charge in [0.1, 0.15) is 0 Å². The van der Waals surface area contributed by atoms with Crippen molar-refractivity contribution in [2.75, 3.05) is 25.7 Å². The Labute approximate surface area is 213 Å². The first kappa shape index (κ1) is 26.8. The lowest BCUT2D eigenvalue weighted by atomic mass is 10.0. The smallest absolute Gasteiger partial charge is 0.230 e. The predicted octanol–water partition coefficient (Wildman–Crippen LogP) is 4.82. The second kappa shape index (κ2) is 12.3. The highest BCUT2D eigenvalue weighted by atomic mass is 35.5. The molecular weight excluding hydrogens is 462 g/mol. The number of nitrogens with two attached hydrogens (primary N) is 1. The molecule has 7 heteroatoms. The van der Waals surface area contributed by atoms with Crippen LogP contribution in [0.2, 0.25) is 0 Å². The van der Waals surface area contributed by atoms with Crippen molar-refractivity contribution in [3.63, 3.8) is 0 Å². The van der Waals surface area contributed by atoms with Crippen LogP contribution in [0.3, 0.4) is 0 Å². The molecule has 0 aliphatic heterocycles. The van der Waals surface area contributed by atoms with Crippen molar-refractivity contribution < 1.29 is 14.3 Å². The maximum absolute atomic E-state index is 13.6. The molecule has 0 unspecified atom stereocenters. The molecule has 1 aromatic heterocycles. The first-order chi connectivity index (χ1) is 16.5. The molecule has 0 bridgehead atoms. The van der Waals surface area contributed by atoms with Gasteiger partial charge in [-0.25, -0.2) is 0 Å². The van der Waals surface area contributed by atoms with Crippen molar-refractivity contribution in [1.29, 1.82) is 0 Å². The Bertz CT molecular complexity index is 1080. The van der Waals surface area contributed by atoms with Gasteiger partial charge in [-0.1, -0.05) is 36.4 Å². The Morgan fingerprint density at radius 3 is 2.20 bits per heavy atom. The number of hydrogen-bond donors (Lipinski definition) is 1. The lowest BCUT2D eigenvalue weighted by Crippen LogP contribution is -2.47. The van der Waals surface area contributed by atoms with Gasteiger partial charge in [0.05, 0.1) is 12.7 Å². The molecular formula is C28H34ClN3O3. The number of amides is 1. The summed E-state index contributed by atoms with van der Waals surface area (Å²) < 4.78 is 10.6. The maximum Gasteiger partial charge on any atom is 0.230 e. The predicted molar refractivity (Wildman–Crippen MR) is 142 cm³/mol. The zero-order valence-electron chi connectivity index (χ0n) is 20.5. The van der Waals surface area contributed by atoms with Crippen LogP contribution in [0.25, 0.3) is 11.1 Å². The third-order valence-electron chi connectivity index (χ3n) is 6.65. The molecule has 35 heavy (non-hydrogen) atoms. The highest BCUT2D eigenvalue weighted by Gasteiger charge is 2.46. The van der Waals surface area contributed by atoms with Gasteiger partial charge in [0, 0.05) is 50.8 Å². The van der Waals surface area contributed by atoms with E-state index in [0.717, 1.165) is 34.4 Å². The third kappa shape index (κ3) is 6.47. The zero-order chi connectivity index (χ0) is 24.1. The third-order valence-corrected chi connectivity index (χ3v) is 6.65. The van der Waals surface area contributed by atoms with Gasteiger partial charge in [0.25, 0.3) is 0 Å². The fourth-order valence-electron chi connectivity index (χ4n) is 4.30. The average Bonchev–Trinajstić information content (AvgIpc) is 3.69. The maximum atomic E-state index is 13.6. The normalized spacial score (nSPS) is 18.3. The van der Waals surface area contributed by atoms with Gasteiger partial charge in [0.2, 0.25) is 5.91 Å². The summed E-state index contributed by atoms with van der Waals surface area (Å²) in [5.74, 6) is 0.302. The number of rotatable bonds is 10. The summed E-state index contributed by atoms with van der Waals surface area (Å²) in [5, 5.41) is 0. The van der Waals surface area contributed by atoms with E-state index in [4.69, 9.17) is 15.2 Å². The Morgan fingerprint density at radius 1 is 1.03 bits per heavy atom. The molecule has 0 radical (unpaired) electrons. The molecule has 4 rings (SSSR count). The molecule has 1 aliphatic rings. The second-order valence-corrected chi connectivity index (χ2v) is 8.96. The lowest BCUT2D eigenvalue weighted by Gasteiger charge is -2.29. The van der Waals surface area contributed by atoms with E-state index in [9.17, 15) is 4.79 Å². The highest BCUT2D eigenvalue weighted by molar-refractivity contribution is 5.97. The van der Waals surface area contributed by atoms with E-state index in [1.807, 2.05) is 36.1 Å². The summed E-state index contributed by atoms with van der Waals surface area (Å²) in [6.07, 6.45) is 4.25. The van der Waals surface area contributed by atoms with Gasteiger partial charge in [-0.05, 0) is 65.8 Å². The minimum Gasteiger partial charge on any atom is -0.380 e. The van der Waals surface area contributed by atoms with Crippen molar-refractivity contribution >= 4 is 24.0 Å². The number of methoxy groups -OCH3 is 2. The summed E-state index contributed by atoms with van der Waals surface area (Å²) in [6, 6.07) is 20.1. The van der Waals surface area contributed by atoms with Crippen LogP contribution in [0.5, 0.6) is 0 Å². The largest absolute Gasteiger partial charge is 0.380 e. The number of pyridine rings is 1. The Kier molecular flexibility index (Phi) is 9.40. The van der Waals surface area contributed by atoms with Gasteiger partial charge in [-0.3, -0.25) is 9.78 Å². The first-order valence-corrected chi connectivity index (χ1v) is 11.7. The van der Waals surface area contributed by atoms with Crippen molar-refractivity contribution in [3.8, 4) is 11.1 Å². The van der Waals surface area contributed by atoms with Crippen molar-refractivity contribution in [1.82, 2.24) is 4.98 Å². The first-order valence-electron chi connectivity index (χ1n) is 11.7. The van der Waals surface area contributed by atoms with E-state index >= 15 is 0 Å². The molecule has 3 aromatic rings. The van der Waals surface area contributed by atoms with E-state index in [1.165, 1.54) is 0 Å². The molecule has 4 atom stereocenters. The summed E-state index contributed by atoms with van der Waals surface area (Å²) >= 11 is 0. The van der Waals surface area contributed by atoms with Crippen LogP contribution in [0.15, 0.2) is 73.1 Å². The minimum absolute atomic E-state index is 0. The molecule has 1 amide bonds. The quantitative estimate of drug-likeness (QED) is 0.436.